The zero-order chi connectivity index (χ0) is 40.0. The Labute approximate surface area is 323 Å². The number of hydrogen-bond donors (Lipinski definition) is 6. The molecule has 8 atom stereocenters. The lowest BCUT2D eigenvalue weighted by Crippen LogP contribution is -2.55. The van der Waals surface area contributed by atoms with Crippen LogP contribution in [0.2, 0.25) is 0 Å². The summed E-state index contributed by atoms with van der Waals surface area (Å²) >= 11 is 0. The minimum absolute atomic E-state index is 0.104. The molecule has 19 heteroatoms. The second-order valence-corrected chi connectivity index (χ2v) is 15.7. The lowest BCUT2D eigenvalue weighted by molar-refractivity contribution is -0.137. The molecule has 302 valence electrons. The highest BCUT2D eigenvalue weighted by Gasteiger charge is 2.74. The third-order valence-corrected chi connectivity index (χ3v) is 12.9. The number of ether oxygens (including phenoxy) is 4. The van der Waals surface area contributed by atoms with Crippen LogP contribution in [0.3, 0.4) is 0 Å². The van der Waals surface area contributed by atoms with Crippen molar-refractivity contribution in [3.8, 4) is 0 Å². The van der Waals surface area contributed by atoms with E-state index in [-0.39, 0.29) is 83.1 Å². The molecule has 8 rings (SSSR count). The average Bonchev–Trinajstić information content (AvgIpc) is 4.00. The van der Waals surface area contributed by atoms with Crippen molar-refractivity contribution in [2.75, 3.05) is 73.7 Å². The first-order chi connectivity index (χ1) is 26.7. The van der Waals surface area contributed by atoms with Crippen LogP contribution in [0, 0.1) is 11.8 Å². The van der Waals surface area contributed by atoms with Crippen LogP contribution in [0.1, 0.15) is 26.7 Å². The highest BCUT2D eigenvalue weighted by atomic mass is 16.6. The monoisotopic (exact) mass is 779 g/mol. The molecule has 0 radical (unpaired) electrons. The first-order valence-corrected chi connectivity index (χ1v) is 19.0. The maximum Gasteiger partial charge on any atom is 0.404 e. The van der Waals surface area contributed by atoms with E-state index in [1.165, 1.54) is 14.2 Å². The van der Waals surface area contributed by atoms with Gasteiger partial charge in [-0.1, -0.05) is 0 Å². The zero-order valence-corrected chi connectivity index (χ0v) is 32.1. The van der Waals surface area contributed by atoms with Gasteiger partial charge in [0.25, 0.3) is 0 Å². The quantitative estimate of drug-likeness (QED) is 0.0546. The summed E-state index contributed by atoms with van der Waals surface area (Å²) in [6, 6.07) is -0.0465. The fraction of sp³-hybridized carbons (Fsp3) is 0.622. The predicted molar refractivity (Wildman–Crippen MR) is 195 cm³/mol. The molecular weight excluding hydrogens is 730 g/mol. The number of methoxy groups -OCH3 is 2. The third kappa shape index (κ3) is 5.42. The van der Waals surface area contributed by atoms with E-state index in [9.17, 15) is 28.8 Å². The van der Waals surface area contributed by atoms with Crippen molar-refractivity contribution in [3.05, 3.63) is 45.1 Å². The van der Waals surface area contributed by atoms with Gasteiger partial charge in [-0.2, -0.15) is 0 Å². The molecule has 4 saturated heterocycles. The number of primary amides is 2. The van der Waals surface area contributed by atoms with E-state index >= 15 is 0 Å². The smallest absolute Gasteiger partial charge is 0.404 e. The Kier molecular flexibility index (Phi) is 9.30. The fourth-order valence-electron chi connectivity index (χ4n) is 10.2. The number of carbonyl (C=O) groups excluding carboxylic acids is 6. The van der Waals surface area contributed by atoms with Crippen LogP contribution in [0.25, 0.3) is 0 Å². The highest BCUT2D eigenvalue weighted by molar-refractivity contribution is 6.26. The molecule has 6 heterocycles. The molecule has 0 aromatic rings. The van der Waals surface area contributed by atoms with Crippen LogP contribution >= 0.6 is 0 Å². The Morgan fingerprint density at radius 1 is 0.732 bits per heavy atom. The number of rotatable bonds is 16. The summed E-state index contributed by atoms with van der Waals surface area (Å²) < 4.78 is 22.5. The number of piperazine rings is 2. The van der Waals surface area contributed by atoms with Gasteiger partial charge in [-0.3, -0.25) is 19.2 Å². The topological polar surface area (TPSA) is 269 Å². The molecule has 56 heavy (non-hydrogen) atoms. The molecule has 0 bridgehead atoms. The Balaban J connectivity index is 0.844. The van der Waals surface area contributed by atoms with Crippen molar-refractivity contribution in [1.82, 2.24) is 36.0 Å². The SMILES string of the molecule is CO[C@@]12[C@H](COC(N)=O)C3=C(C(=O)C(C)=C(NCCCN(C)CCCNC4=C(C)C(=O)C5=C(C4=O)[C@@H](COC(N)=O)[C@@]4(OC)[C@H]6N[C@H]6CN54)C3=O)N1C[C@@H]1N[C@@H]12. The fourth-order valence-corrected chi connectivity index (χ4v) is 10.2. The lowest BCUT2D eigenvalue weighted by Gasteiger charge is -2.39. The second-order valence-electron chi connectivity index (χ2n) is 15.7. The number of Topliss-reactive ketones (excluding diaryl/α,β-unsaturated/α-hetero) is 4. The van der Waals surface area contributed by atoms with Crippen molar-refractivity contribution < 1.29 is 47.7 Å². The summed E-state index contributed by atoms with van der Waals surface area (Å²) in [5.41, 5.74) is 10.7. The van der Waals surface area contributed by atoms with E-state index in [0.29, 0.717) is 74.7 Å². The summed E-state index contributed by atoms with van der Waals surface area (Å²) in [6.07, 6.45) is -0.642. The first-order valence-electron chi connectivity index (χ1n) is 19.0. The molecule has 4 fully saturated rings. The number of nitrogens with one attached hydrogen (secondary N) is 4. The van der Waals surface area contributed by atoms with E-state index in [1.54, 1.807) is 13.8 Å². The number of amides is 2. The molecule has 6 aliphatic heterocycles. The molecule has 2 amide bonds. The van der Waals surface area contributed by atoms with Gasteiger partial charge < -0.3 is 66.4 Å². The molecule has 8 aliphatic rings. The van der Waals surface area contributed by atoms with Gasteiger partial charge in [0.05, 0.1) is 46.7 Å². The van der Waals surface area contributed by atoms with E-state index in [4.69, 9.17) is 30.4 Å². The van der Waals surface area contributed by atoms with Crippen LogP contribution in [-0.2, 0) is 38.1 Å². The number of allylic oxidation sites excluding steroid dienone is 4. The van der Waals surface area contributed by atoms with Crippen molar-refractivity contribution in [2.45, 2.75) is 62.3 Å². The molecule has 2 aliphatic carbocycles. The lowest BCUT2D eigenvalue weighted by atomic mass is 9.82. The molecular formula is C37H49N9O10. The molecule has 0 aromatic heterocycles. The maximum atomic E-state index is 14.1. The van der Waals surface area contributed by atoms with Gasteiger partial charge in [0.2, 0.25) is 23.1 Å². The molecule has 19 nitrogen and oxygen atoms in total. The van der Waals surface area contributed by atoms with Crippen LogP contribution in [0.15, 0.2) is 45.1 Å². The average molecular weight is 780 g/mol. The molecule has 0 unspecified atom stereocenters. The summed E-state index contributed by atoms with van der Waals surface area (Å²) in [7, 11) is 5.03. The standard InChI is InChI=1S/C37H49N9O10/c1-16-24(30(49)22-18(14-55-34(38)51)36(53-4)32-20(42-32)12-45(36)26(22)28(16)47)40-8-6-10-44(3)11-7-9-41-25-17(2)29(48)27-23(31(25)50)19(15-56-35(39)52)37(54-5)33-21(43-33)13-46(27)37/h18-21,32-33,40-43H,6-15H2,1-5H3,(H2,38,51)(H2,39,52)/t18-,19-,20+,21+,32+,33+,36-,37-/m1/s1. The summed E-state index contributed by atoms with van der Waals surface area (Å²) in [5, 5.41) is 13.1. The van der Waals surface area contributed by atoms with E-state index < -0.39 is 35.5 Å². The van der Waals surface area contributed by atoms with Crippen LogP contribution in [0.5, 0.6) is 0 Å². The minimum Gasteiger partial charge on any atom is -0.449 e. The van der Waals surface area contributed by atoms with Gasteiger partial charge in [0, 0.05) is 74.8 Å². The minimum atomic E-state index is -1.04. The number of fused-ring (bicyclic) bond motifs is 8. The van der Waals surface area contributed by atoms with Crippen molar-refractivity contribution in [1.29, 1.82) is 0 Å². The summed E-state index contributed by atoms with van der Waals surface area (Å²) in [6.45, 7) is 6.04. The van der Waals surface area contributed by atoms with Crippen molar-refractivity contribution >= 4 is 35.3 Å². The maximum absolute atomic E-state index is 14.1. The number of ketones is 4. The Hall–Kier alpha value is -4.82. The number of nitrogens with two attached hydrogens (primary N) is 2. The van der Waals surface area contributed by atoms with Gasteiger partial charge in [-0.25, -0.2) is 9.59 Å². The van der Waals surface area contributed by atoms with E-state index in [1.807, 2.05) is 16.8 Å². The first kappa shape index (κ1) is 38.1. The Morgan fingerprint density at radius 2 is 1.12 bits per heavy atom. The van der Waals surface area contributed by atoms with Gasteiger partial charge >= 0.3 is 12.2 Å². The largest absolute Gasteiger partial charge is 0.449 e. The van der Waals surface area contributed by atoms with E-state index in [2.05, 4.69) is 26.2 Å². The summed E-state index contributed by atoms with van der Waals surface area (Å²) in [4.78, 5) is 84.7. The molecule has 8 N–H and O–H groups in total. The van der Waals surface area contributed by atoms with Crippen LogP contribution in [-0.4, -0.2) is 159 Å². The predicted octanol–water partition coefficient (Wildman–Crippen LogP) is -2.31. The highest BCUT2D eigenvalue weighted by Crippen LogP contribution is 2.57. The van der Waals surface area contributed by atoms with Gasteiger partial charge in [0.1, 0.15) is 13.2 Å². The van der Waals surface area contributed by atoms with Gasteiger partial charge in [-0.05, 0) is 46.8 Å². The molecule has 0 aromatic carbocycles. The number of carbonyl (C=O) groups is 6. The number of hydrogen-bond acceptors (Lipinski definition) is 17. The summed E-state index contributed by atoms with van der Waals surface area (Å²) in [5.74, 6) is -2.59. The molecule has 0 saturated carbocycles. The normalized spacial score (nSPS) is 33.5. The van der Waals surface area contributed by atoms with Gasteiger partial charge in [0.15, 0.2) is 11.4 Å². The third-order valence-electron chi connectivity index (χ3n) is 12.9. The molecule has 0 spiro atoms. The number of nitrogens with zero attached hydrogens (tertiary/aromatic N) is 3. The van der Waals surface area contributed by atoms with Crippen molar-refractivity contribution in [2.24, 2.45) is 23.3 Å². The Morgan fingerprint density at radius 3 is 1.48 bits per heavy atom. The second kappa shape index (κ2) is 13.7. The van der Waals surface area contributed by atoms with E-state index in [0.717, 1.165) is 0 Å². The van der Waals surface area contributed by atoms with Crippen molar-refractivity contribution in [3.63, 3.8) is 0 Å². The zero-order valence-electron chi connectivity index (χ0n) is 32.1. The van der Waals surface area contributed by atoms with Crippen LogP contribution < -0.4 is 32.7 Å². The van der Waals surface area contributed by atoms with Gasteiger partial charge in [-0.15, -0.1) is 0 Å². The van der Waals surface area contributed by atoms with Crippen LogP contribution in [0.4, 0.5) is 9.59 Å². The Bertz CT molecular complexity index is 1820.